The predicted octanol–water partition coefficient (Wildman–Crippen LogP) is 3.71. The molecule has 26 heavy (non-hydrogen) atoms. The van der Waals surface area contributed by atoms with Crippen LogP contribution in [0.3, 0.4) is 0 Å². The summed E-state index contributed by atoms with van der Waals surface area (Å²) in [6.07, 6.45) is 6.27. The number of fused-ring (bicyclic) bond motifs is 1. The molecule has 0 atom stereocenters. The van der Waals surface area contributed by atoms with E-state index in [0.717, 1.165) is 29.2 Å². The van der Waals surface area contributed by atoms with E-state index >= 15 is 0 Å². The number of anilines is 1. The molecule has 134 valence electrons. The number of carbonyl (C=O) groups excluding carboxylic acids is 1. The van der Waals surface area contributed by atoms with Gasteiger partial charge in [-0.2, -0.15) is 5.10 Å². The van der Waals surface area contributed by atoms with Crippen LogP contribution in [0.5, 0.6) is 0 Å². The minimum absolute atomic E-state index is 0.182. The van der Waals surface area contributed by atoms with Crippen LogP contribution in [0.25, 0.3) is 11.4 Å². The lowest BCUT2D eigenvalue weighted by atomic mass is 9.95. The minimum Gasteiger partial charge on any atom is -0.336 e. The van der Waals surface area contributed by atoms with Crippen LogP contribution in [0.15, 0.2) is 41.9 Å². The first-order valence-electron chi connectivity index (χ1n) is 8.89. The zero-order valence-electron chi connectivity index (χ0n) is 14.4. The third-order valence-electron chi connectivity index (χ3n) is 4.53. The number of aromatic nitrogens is 3. The molecule has 3 aromatic rings. The van der Waals surface area contributed by atoms with Crippen LogP contribution in [0, 0.1) is 0 Å². The second-order valence-corrected chi connectivity index (χ2v) is 7.22. The molecule has 7 heteroatoms. The van der Waals surface area contributed by atoms with Gasteiger partial charge in [0.05, 0.1) is 17.2 Å². The summed E-state index contributed by atoms with van der Waals surface area (Å²) in [5.74, 6) is 0. The molecule has 0 aliphatic heterocycles. The van der Waals surface area contributed by atoms with Crippen molar-refractivity contribution in [1.82, 2.24) is 20.1 Å². The Kier molecular flexibility index (Phi) is 4.97. The van der Waals surface area contributed by atoms with Gasteiger partial charge in [0.25, 0.3) is 0 Å². The van der Waals surface area contributed by atoms with E-state index in [1.165, 1.54) is 35.4 Å². The van der Waals surface area contributed by atoms with Crippen molar-refractivity contribution in [3.05, 3.63) is 53.2 Å². The zero-order valence-corrected chi connectivity index (χ0v) is 15.3. The minimum atomic E-state index is -0.182. The topological polar surface area (TPSA) is 71.8 Å². The first kappa shape index (κ1) is 16.8. The van der Waals surface area contributed by atoms with Crippen LogP contribution >= 0.6 is 11.3 Å². The van der Waals surface area contributed by atoms with E-state index in [4.69, 9.17) is 5.10 Å². The molecular weight excluding hydrogens is 346 g/mol. The Morgan fingerprint density at radius 1 is 1.19 bits per heavy atom. The van der Waals surface area contributed by atoms with Crippen LogP contribution < -0.4 is 10.6 Å². The second-order valence-electron chi connectivity index (χ2n) is 6.28. The van der Waals surface area contributed by atoms with Gasteiger partial charge in [0.1, 0.15) is 5.69 Å². The van der Waals surface area contributed by atoms with Crippen molar-refractivity contribution in [2.45, 2.75) is 32.2 Å². The molecule has 0 radical (unpaired) electrons. The monoisotopic (exact) mass is 367 g/mol. The second kappa shape index (κ2) is 7.70. The Bertz CT molecular complexity index is 873. The lowest BCUT2D eigenvalue weighted by Gasteiger charge is -2.14. The van der Waals surface area contributed by atoms with E-state index in [9.17, 15) is 4.79 Å². The van der Waals surface area contributed by atoms with Crippen molar-refractivity contribution in [2.75, 3.05) is 11.9 Å². The quantitative estimate of drug-likeness (QED) is 0.722. The molecule has 6 nitrogen and oxygen atoms in total. The lowest BCUT2D eigenvalue weighted by molar-refractivity contribution is 0.251. The Morgan fingerprint density at radius 3 is 2.92 bits per heavy atom. The summed E-state index contributed by atoms with van der Waals surface area (Å²) in [4.78, 5) is 16.4. The molecule has 1 aliphatic carbocycles. The van der Waals surface area contributed by atoms with Crippen molar-refractivity contribution in [3.63, 3.8) is 0 Å². The van der Waals surface area contributed by atoms with E-state index in [2.05, 4.69) is 15.6 Å². The van der Waals surface area contributed by atoms with E-state index in [0.29, 0.717) is 13.1 Å². The summed E-state index contributed by atoms with van der Waals surface area (Å²) in [5.41, 5.74) is 4.52. The lowest BCUT2D eigenvalue weighted by Crippen LogP contribution is -2.31. The van der Waals surface area contributed by atoms with E-state index in [1.54, 1.807) is 6.20 Å². The highest BCUT2D eigenvalue weighted by Crippen LogP contribution is 2.30. The standard InChI is InChI=1S/C19H21N5OS/c25-19(22-17-9-5-13-26-17)21-11-12-24-16-8-2-1-6-14(16)18(23-24)15-7-3-4-10-20-15/h3-5,7,9-10,13H,1-2,6,8,11-12H2,(H2,21,22,25). The fourth-order valence-corrected chi connectivity index (χ4v) is 3.96. The molecular formula is C19H21N5OS. The molecule has 0 fully saturated rings. The highest BCUT2D eigenvalue weighted by atomic mass is 32.1. The van der Waals surface area contributed by atoms with Crippen molar-refractivity contribution < 1.29 is 4.79 Å². The molecule has 0 bridgehead atoms. The van der Waals surface area contributed by atoms with Gasteiger partial charge in [-0.25, -0.2) is 4.79 Å². The normalized spacial score (nSPS) is 13.2. The fourth-order valence-electron chi connectivity index (χ4n) is 3.35. The largest absolute Gasteiger partial charge is 0.336 e. The van der Waals surface area contributed by atoms with Gasteiger partial charge in [0, 0.05) is 24.0 Å². The summed E-state index contributed by atoms with van der Waals surface area (Å²) in [6.45, 7) is 1.19. The number of urea groups is 1. The molecule has 0 aromatic carbocycles. The zero-order chi connectivity index (χ0) is 17.8. The number of hydrogen-bond donors (Lipinski definition) is 2. The predicted molar refractivity (Wildman–Crippen MR) is 103 cm³/mol. The van der Waals surface area contributed by atoms with E-state index in [1.807, 2.05) is 40.4 Å². The SMILES string of the molecule is O=C(NCCn1nc(-c2ccccn2)c2c1CCCC2)Nc1cccs1. The maximum absolute atomic E-state index is 12.0. The molecule has 3 heterocycles. The number of carbonyl (C=O) groups is 1. The summed E-state index contributed by atoms with van der Waals surface area (Å²) < 4.78 is 2.05. The number of nitrogens with one attached hydrogen (secondary N) is 2. The van der Waals surface area contributed by atoms with Crippen LogP contribution in [0.4, 0.5) is 9.80 Å². The molecule has 2 amide bonds. The van der Waals surface area contributed by atoms with Gasteiger partial charge in [0.2, 0.25) is 0 Å². The van der Waals surface area contributed by atoms with Crippen molar-refractivity contribution in [1.29, 1.82) is 0 Å². The number of rotatable bonds is 5. The first-order chi connectivity index (χ1) is 12.8. The molecule has 3 aromatic heterocycles. The van der Waals surface area contributed by atoms with Crippen molar-refractivity contribution >= 4 is 22.4 Å². The number of hydrogen-bond acceptors (Lipinski definition) is 4. The van der Waals surface area contributed by atoms with Gasteiger partial charge < -0.3 is 5.32 Å². The Hall–Kier alpha value is -2.67. The Labute approximate surface area is 156 Å². The smallest absolute Gasteiger partial charge is 0.319 e. The third-order valence-corrected chi connectivity index (χ3v) is 5.32. The molecule has 2 N–H and O–H groups in total. The van der Waals surface area contributed by atoms with Gasteiger partial charge in [-0.15, -0.1) is 11.3 Å². The van der Waals surface area contributed by atoms with Crippen LogP contribution in [0.2, 0.25) is 0 Å². The van der Waals surface area contributed by atoms with Crippen molar-refractivity contribution in [2.24, 2.45) is 0 Å². The Morgan fingerprint density at radius 2 is 2.12 bits per heavy atom. The highest BCUT2D eigenvalue weighted by molar-refractivity contribution is 7.14. The average Bonchev–Trinajstić information content (AvgIpc) is 3.31. The van der Waals surface area contributed by atoms with Gasteiger partial charge in [-0.3, -0.25) is 15.0 Å². The third kappa shape index (κ3) is 3.62. The number of amides is 2. The Balaban J connectivity index is 1.45. The molecule has 1 aliphatic rings. The van der Waals surface area contributed by atoms with Crippen LogP contribution in [-0.2, 0) is 19.4 Å². The fraction of sp³-hybridized carbons (Fsp3) is 0.316. The summed E-state index contributed by atoms with van der Waals surface area (Å²) in [6, 6.07) is 9.53. The van der Waals surface area contributed by atoms with Crippen LogP contribution in [-0.4, -0.2) is 27.3 Å². The summed E-state index contributed by atoms with van der Waals surface area (Å²) >= 11 is 1.50. The number of pyridine rings is 1. The van der Waals surface area contributed by atoms with Gasteiger partial charge in [-0.05, 0) is 55.3 Å². The average molecular weight is 367 g/mol. The summed E-state index contributed by atoms with van der Waals surface area (Å²) in [7, 11) is 0. The molecule has 0 saturated carbocycles. The van der Waals surface area contributed by atoms with Gasteiger partial charge in [0.15, 0.2) is 0 Å². The van der Waals surface area contributed by atoms with Gasteiger partial charge >= 0.3 is 6.03 Å². The maximum Gasteiger partial charge on any atom is 0.319 e. The van der Waals surface area contributed by atoms with E-state index < -0.39 is 0 Å². The van der Waals surface area contributed by atoms with Crippen molar-refractivity contribution in [3.8, 4) is 11.4 Å². The molecule has 0 unspecified atom stereocenters. The summed E-state index contributed by atoms with van der Waals surface area (Å²) in [5, 5.41) is 13.3. The van der Waals surface area contributed by atoms with Gasteiger partial charge in [-0.1, -0.05) is 6.07 Å². The van der Waals surface area contributed by atoms with Crippen LogP contribution in [0.1, 0.15) is 24.1 Å². The first-order valence-corrected chi connectivity index (χ1v) is 9.77. The van der Waals surface area contributed by atoms with E-state index in [-0.39, 0.29) is 6.03 Å². The number of thiophene rings is 1. The molecule has 4 rings (SSSR count). The number of nitrogens with zero attached hydrogens (tertiary/aromatic N) is 3. The maximum atomic E-state index is 12.0. The molecule has 0 spiro atoms. The highest BCUT2D eigenvalue weighted by Gasteiger charge is 2.22. The molecule has 0 saturated heterocycles.